The van der Waals surface area contributed by atoms with Crippen LogP contribution in [0.4, 0.5) is 10.5 Å². The number of aryl methyl sites for hydroxylation is 1. The van der Waals surface area contributed by atoms with Gasteiger partial charge in [0.2, 0.25) is 5.91 Å². The summed E-state index contributed by atoms with van der Waals surface area (Å²) in [5.41, 5.74) is 2.59. The fraction of sp³-hybridized carbons (Fsp3) is 0.190. The van der Waals surface area contributed by atoms with Crippen LogP contribution in [-0.2, 0) is 11.3 Å². The van der Waals surface area contributed by atoms with Crippen LogP contribution < -0.4 is 16.0 Å². The van der Waals surface area contributed by atoms with E-state index in [1.165, 1.54) is 0 Å². The molecular weight excluding hydrogens is 408 g/mol. The van der Waals surface area contributed by atoms with Crippen molar-refractivity contribution in [3.05, 3.63) is 69.5 Å². The number of nitrogens with one attached hydrogen (secondary N) is 3. The highest BCUT2D eigenvalue weighted by Gasteiger charge is 2.11. The van der Waals surface area contributed by atoms with Crippen LogP contribution >= 0.6 is 22.9 Å². The summed E-state index contributed by atoms with van der Waals surface area (Å²) in [6.07, 6.45) is 0.191. The van der Waals surface area contributed by atoms with Crippen molar-refractivity contribution in [2.24, 2.45) is 0 Å². The number of para-hydroxylation sites is 1. The summed E-state index contributed by atoms with van der Waals surface area (Å²) >= 11 is 7.48. The minimum absolute atomic E-state index is 0.147. The van der Waals surface area contributed by atoms with Crippen molar-refractivity contribution in [1.29, 1.82) is 0 Å². The van der Waals surface area contributed by atoms with E-state index >= 15 is 0 Å². The first kappa shape index (κ1) is 20.8. The molecule has 0 saturated heterocycles. The summed E-state index contributed by atoms with van der Waals surface area (Å²) in [5.74, 6) is -0.147. The molecule has 3 rings (SSSR count). The van der Waals surface area contributed by atoms with Crippen LogP contribution in [0.5, 0.6) is 0 Å². The zero-order chi connectivity index (χ0) is 20.6. The molecule has 0 aliphatic heterocycles. The third-order valence-electron chi connectivity index (χ3n) is 4.06. The quantitative estimate of drug-likeness (QED) is 0.514. The van der Waals surface area contributed by atoms with Crippen LogP contribution in [0.1, 0.15) is 16.3 Å². The average molecular weight is 429 g/mol. The van der Waals surface area contributed by atoms with E-state index in [1.807, 2.05) is 49.4 Å². The van der Waals surface area contributed by atoms with Crippen LogP contribution in [0.3, 0.4) is 0 Å². The van der Waals surface area contributed by atoms with E-state index in [0.29, 0.717) is 17.3 Å². The molecule has 0 radical (unpaired) electrons. The highest BCUT2D eigenvalue weighted by Crippen LogP contribution is 2.28. The molecule has 3 N–H and O–H groups in total. The summed E-state index contributed by atoms with van der Waals surface area (Å²) in [6.45, 7) is 2.60. The SMILES string of the molecule is Cc1sc(CNC(=O)CCNC(=O)Nc2ccccc2)nc1-c1ccc(Cl)cc1. The lowest BCUT2D eigenvalue weighted by molar-refractivity contribution is -0.121. The number of urea groups is 1. The van der Waals surface area contributed by atoms with Crippen molar-refractivity contribution in [2.45, 2.75) is 19.9 Å². The van der Waals surface area contributed by atoms with Crippen molar-refractivity contribution in [3.8, 4) is 11.3 Å². The molecule has 3 aromatic rings. The molecule has 0 spiro atoms. The molecule has 1 aromatic heterocycles. The minimum Gasteiger partial charge on any atom is -0.350 e. The highest BCUT2D eigenvalue weighted by atomic mass is 35.5. The van der Waals surface area contributed by atoms with Crippen molar-refractivity contribution >= 4 is 40.6 Å². The van der Waals surface area contributed by atoms with E-state index in [-0.39, 0.29) is 24.9 Å². The zero-order valence-corrected chi connectivity index (χ0v) is 17.4. The van der Waals surface area contributed by atoms with Gasteiger partial charge in [-0.3, -0.25) is 4.79 Å². The maximum absolute atomic E-state index is 12.0. The topological polar surface area (TPSA) is 83.1 Å². The number of benzene rings is 2. The Bertz CT molecular complexity index is 974. The van der Waals surface area contributed by atoms with Gasteiger partial charge in [0.25, 0.3) is 0 Å². The van der Waals surface area contributed by atoms with E-state index in [4.69, 9.17) is 11.6 Å². The van der Waals surface area contributed by atoms with Crippen LogP contribution in [-0.4, -0.2) is 23.5 Å². The second-order valence-corrected chi connectivity index (χ2v) is 8.02. The Labute approximate surface area is 178 Å². The van der Waals surface area contributed by atoms with Crippen molar-refractivity contribution in [2.75, 3.05) is 11.9 Å². The lowest BCUT2D eigenvalue weighted by atomic mass is 10.1. The van der Waals surface area contributed by atoms with E-state index in [2.05, 4.69) is 20.9 Å². The van der Waals surface area contributed by atoms with Gasteiger partial charge < -0.3 is 16.0 Å². The highest BCUT2D eigenvalue weighted by molar-refractivity contribution is 7.12. The predicted molar refractivity (Wildman–Crippen MR) is 117 cm³/mol. The van der Waals surface area contributed by atoms with Crippen LogP contribution in [0.2, 0.25) is 5.02 Å². The van der Waals surface area contributed by atoms with E-state index < -0.39 is 0 Å². The van der Waals surface area contributed by atoms with E-state index in [0.717, 1.165) is 21.1 Å². The molecule has 1 heterocycles. The molecule has 29 heavy (non-hydrogen) atoms. The minimum atomic E-state index is -0.341. The zero-order valence-electron chi connectivity index (χ0n) is 15.9. The van der Waals surface area contributed by atoms with Gasteiger partial charge in [-0.1, -0.05) is 41.9 Å². The first-order chi connectivity index (χ1) is 14.0. The molecule has 0 atom stereocenters. The number of halogens is 1. The molecule has 0 aliphatic carbocycles. The van der Waals surface area contributed by atoms with Gasteiger partial charge >= 0.3 is 6.03 Å². The second kappa shape index (κ2) is 10.0. The largest absolute Gasteiger partial charge is 0.350 e. The van der Waals surface area contributed by atoms with Crippen LogP contribution in [0.25, 0.3) is 11.3 Å². The van der Waals surface area contributed by atoms with Gasteiger partial charge in [0.1, 0.15) is 5.01 Å². The number of anilines is 1. The number of carbonyl (C=O) groups excluding carboxylic acids is 2. The average Bonchev–Trinajstić information content (AvgIpc) is 3.08. The maximum Gasteiger partial charge on any atom is 0.319 e. The molecule has 0 unspecified atom stereocenters. The molecule has 0 aliphatic rings. The summed E-state index contributed by atoms with van der Waals surface area (Å²) in [7, 11) is 0. The number of hydrogen-bond acceptors (Lipinski definition) is 4. The van der Waals surface area contributed by atoms with Gasteiger partial charge in [0.05, 0.1) is 12.2 Å². The summed E-state index contributed by atoms with van der Waals surface area (Å²) in [6, 6.07) is 16.3. The van der Waals surface area contributed by atoms with Gasteiger partial charge in [-0.2, -0.15) is 0 Å². The van der Waals surface area contributed by atoms with Crippen molar-refractivity contribution in [3.63, 3.8) is 0 Å². The molecule has 0 fully saturated rings. The Morgan fingerprint density at radius 1 is 1.03 bits per heavy atom. The molecule has 0 saturated carbocycles. The number of amides is 3. The summed E-state index contributed by atoms with van der Waals surface area (Å²) in [4.78, 5) is 29.5. The Kier molecular flexibility index (Phi) is 7.21. The smallest absolute Gasteiger partial charge is 0.319 e. The normalized spacial score (nSPS) is 10.4. The number of thiazole rings is 1. The monoisotopic (exact) mass is 428 g/mol. The second-order valence-electron chi connectivity index (χ2n) is 6.29. The molecular formula is C21H21ClN4O2S. The maximum atomic E-state index is 12.0. The van der Waals surface area contributed by atoms with E-state index in [1.54, 1.807) is 23.5 Å². The Hall–Kier alpha value is -2.90. The van der Waals surface area contributed by atoms with Gasteiger partial charge in [0, 0.05) is 34.1 Å². The predicted octanol–water partition coefficient (Wildman–Crippen LogP) is 4.60. The lowest BCUT2D eigenvalue weighted by Gasteiger charge is -2.07. The fourth-order valence-corrected chi connectivity index (χ4v) is 3.67. The molecule has 2 aromatic carbocycles. The lowest BCUT2D eigenvalue weighted by Crippen LogP contribution is -2.33. The standard InChI is InChI=1S/C21H21ClN4O2S/c1-14-20(15-7-9-16(22)10-8-15)26-19(29-14)13-24-18(27)11-12-23-21(28)25-17-5-3-2-4-6-17/h2-10H,11-13H2,1H3,(H,24,27)(H2,23,25,28). The van der Waals surface area contributed by atoms with Gasteiger partial charge in [0.15, 0.2) is 0 Å². The number of hydrogen-bond donors (Lipinski definition) is 3. The molecule has 3 amide bonds. The number of rotatable bonds is 7. The first-order valence-corrected chi connectivity index (χ1v) is 10.3. The van der Waals surface area contributed by atoms with Crippen molar-refractivity contribution < 1.29 is 9.59 Å². The number of carbonyl (C=O) groups is 2. The molecule has 0 bridgehead atoms. The molecule has 150 valence electrons. The number of nitrogens with zero attached hydrogens (tertiary/aromatic N) is 1. The summed E-state index contributed by atoms with van der Waals surface area (Å²) < 4.78 is 0. The Morgan fingerprint density at radius 3 is 2.48 bits per heavy atom. The summed E-state index contributed by atoms with van der Waals surface area (Å²) in [5, 5.41) is 9.72. The molecule has 6 nitrogen and oxygen atoms in total. The fourth-order valence-electron chi connectivity index (χ4n) is 2.65. The Morgan fingerprint density at radius 2 is 1.76 bits per heavy atom. The van der Waals surface area contributed by atoms with Crippen LogP contribution in [0.15, 0.2) is 54.6 Å². The Balaban J connectivity index is 1.42. The molecule has 8 heteroatoms. The third kappa shape index (κ3) is 6.30. The van der Waals surface area contributed by atoms with Gasteiger partial charge in [-0.05, 0) is 31.2 Å². The van der Waals surface area contributed by atoms with Crippen molar-refractivity contribution in [1.82, 2.24) is 15.6 Å². The van der Waals surface area contributed by atoms with E-state index in [9.17, 15) is 9.59 Å². The van der Waals surface area contributed by atoms with Gasteiger partial charge in [-0.25, -0.2) is 9.78 Å². The van der Waals surface area contributed by atoms with Gasteiger partial charge in [-0.15, -0.1) is 11.3 Å². The third-order valence-corrected chi connectivity index (χ3v) is 5.29. The van der Waals surface area contributed by atoms with Crippen LogP contribution in [0, 0.1) is 6.92 Å². The number of aromatic nitrogens is 1. The first-order valence-electron chi connectivity index (χ1n) is 9.10.